The molecule has 11 N–H and O–H groups in total. The second kappa shape index (κ2) is 18.3. The Hall–Kier alpha value is -4.38. The van der Waals surface area contributed by atoms with Gasteiger partial charge in [-0.2, -0.15) is 11.8 Å². The van der Waals surface area contributed by atoms with Crippen LogP contribution >= 0.6 is 11.8 Å². The Morgan fingerprint density at radius 2 is 1.34 bits per heavy atom. The summed E-state index contributed by atoms with van der Waals surface area (Å²) in [4.78, 5) is 86.1. The first kappa shape index (κ1) is 37.6. The molecule has 0 spiro atoms. The molecule has 0 aliphatic rings. The fourth-order valence-electron chi connectivity index (χ4n) is 3.87. The zero-order chi connectivity index (χ0) is 33.6. The van der Waals surface area contributed by atoms with Gasteiger partial charge in [0.1, 0.15) is 29.9 Å². The van der Waals surface area contributed by atoms with Crippen LogP contribution < -0.4 is 32.7 Å². The highest BCUT2D eigenvalue weighted by molar-refractivity contribution is 7.98. The molecule has 1 aromatic carbocycles. The van der Waals surface area contributed by atoms with Gasteiger partial charge in [-0.25, -0.2) is 4.79 Å². The smallest absolute Gasteiger partial charge is 0.326 e. The highest BCUT2D eigenvalue weighted by Crippen LogP contribution is 2.13. The highest BCUT2D eigenvalue weighted by Gasteiger charge is 2.33. The van der Waals surface area contributed by atoms with Crippen LogP contribution in [0.4, 0.5) is 0 Å². The van der Waals surface area contributed by atoms with Crippen LogP contribution in [-0.4, -0.2) is 99.0 Å². The van der Waals surface area contributed by atoms with E-state index in [1.54, 1.807) is 20.1 Å². The van der Waals surface area contributed by atoms with Gasteiger partial charge in [-0.05, 0) is 42.0 Å². The molecule has 0 heterocycles. The van der Waals surface area contributed by atoms with Crippen LogP contribution in [0.5, 0.6) is 5.75 Å². The van der Waals surface area contributed by atoms with Crippen molar-refractivity contribution in [2.24, 2.45) is 17.4 Å². The second-order valence-electron chi connectivity index (χ2n) is 10.3. The maximum atomic E-state index is 13.4. The monoisotopic (exact) mass is 640 g/mol. The predicted molar refractivity (Wildman–Crippen MR) is 159 cm³/mol. The number of nitrogens with one attached hydrogen (secondary N) is 4. The molecule has 1 aromatic rings. The first-order valence-corrected chi connectivity index (χ1v) is 14.9. The van der Waals surface area contributed by atoms with Gasteiger partial charge in [0.05, 0.1) is 18.9 Å². The topological polar surface area (TPSA) is 280 Å². The van der Waals surface area contributed by atoms with Crippen LogP contribution in [0, 0.1) is 5.92 Å². The summed E-state index contributed by atoms with van der Waals surface area (Å²) in [5.74, 6) is -7.36. The van der Waals surface area contributed by atoms with E-state index in [0.717, 1.165) is 0 Å². The van der Waals surface area contributed by atoms with Crippen molar-refractivity contribution in [3.05, 3.63) is 29.8 Å². The summed E-state index contributed by atoms with van der Waals surface area (Å²) in [7, 11) is 0. The van der Waals surface area contributed by atoms with Crippen LogP contribution in [0.3, 0.4) is 0 Å². The highest BCUT2D eigenvalue weighted by atomic mass is 32.2. The van der Waals surface area contributed by atoms with Gasteiger partial charge in [0.25, 0.3) is 0 Å². The number of carboxylic acids is 2. The van der Waals surface area contributed by atoms with Gasteiger partial charge in [-0.15, -0.1) is 0 Å². The summed E-state index contributed by atoms with van der Waals surface area (Å²) >= 11 is 1.36. The van der Waals surface area contributed by atoms with Gasteiger partial charge >= 0.3 is 11.9 Å². The number of phenolic OH excluding ortho intramolecular Hbond substituents is 1. The van der Waals surface area contributed by atoms with Gasteiger partial charge in [0.15, 0.2) is 0 Å². The lowest BCUT2D eigenvalue weighted by Crippen LogP contribution is -2.60. The van der Waals surface area contributed by atoms with Gasteiger partial charge in [0.2, 0.25) is 29.5 Å². The minimum Gasteiger partial charge on any atom is -0.508 e. The molecule has 0 saturated carbocycles. The number of rotatable bonds is 19. The number of phenols is 1. The van der Waals surface area contributed by atoms with E-state index in [1.165, 1.54) is 36.0 Å². The molecule has 17 heteroatoms. The lowest BCUT2D eigenvalue weighted by molar-refractivity contribution is -0.144. The van der Waals surface area contributed by atoms with Crippen molar-refractivity contribution in [2.45, 2.75) is 69.7 Å². The standard InChI is InChI=1S/C27H40N6O10S/c1-13(2)22(26(41)30-17(8-9-44-3)24(39)32-19(27(42)43)12-20(29)35)33-25(40)18(10-14-4-6-15(34)7-5-14)31-23(38)16(28)11-21(36)37/h4-7,13,16-19,22,34H,8-12,28H2,1-3H3,(H2,29,35)(H,30,41)(H,31,38)(H,32,39)(H,33,40)(H,36,37)(H,42,43)/t16-,17-,18-,19-,22-/m0/s1. The number of aliphatic carboxylic acids is 2. The second-order valence-corrected chi connectivity index (χ2v) is 11.3. The number of nitrogens with two attached hydrogens (primary N) is 2. The lowest BCUT2D eigenvalue weighted by atomic mass is 10.00. The van der Waals surface area contributed by atoms with E-state index in [4.69, 9.17) is 16.6 Å². The molecule has 0 aliphatic carbocycles. The quantitative estimate of drug-likeness (QED) is 0.0797. The largest absolute Gasteiger partial charge is 0.508 e. The Morgan fingerprint density at radius 1 is 0.795 bits per heavy atom. The number of benzene rings is 1. The predicted octanol–water partition coefficient (Wildman–Crippen LogP) is -1.95. The number of amides is 5. The first-order valence-electron chi connectivity index (χ1n) is 13.5. The third-order valence-corrected chi connectivity index (χ3v) is 6.89. The summed E-state index contributed by atoms with van der Waals surface area (Å²) < 4.78 is 0. The SMILES string of the molecule is CSCC[C@H](NC(=O)[C@@H](NC(=O)[C@H](Cc1ccc(O)cc1)NC(=O)[C@@H](N)CC(=O)O)C(C)C)C(=O)N[C@@H](CC(N)=O)C(=O)O. The molecule has 0 aromatic heterocycles. The third kappa shape index (κ3) is 13.3. The van der Waals surface area contributed by atoms with Crippen molar-refractivity contribution in [3.8, 4) is 5.75 Å². The maximum Gasteiger partial charge on any atom is 0.326 e. The average molecular weight is 641 g/mol. The van der Waals surface area contributed by atoms with Crippen molar-refractivity contribution < 1.29 is 48.9 Å². The van der Waals surface area contributed by atoms with Gasteiger partial charge in [0, 0.05) is 6.42 Å². The van der Waals surface area contributed by atoms with Crippen LogP contribution in [0.2, 0.25) is 0 Å². The lowest BCUT2D eigenvalue weighted by Gasteiger charge is -2.28. The fraction of sp³-hybridized carbons (Fsp3) is 0.519. The molecule has 0 aliphatic heterocycles. The zero-order valence-electron chi connectivity index (χ0n) is 24.6. The molecule has 0 saturated heterocycles. The van der Waals surface area contributed by atoms with Crippen LogP contribution in [0.1, 0.15) is 38.7 Å². The summed E-state index contributed by atoms with van der Waals surface area (Å²) in [5.41, 5.74) is 11.2. The fourth-order valence-corrected chi connectivity index (χ4v) is 4.34. The molecule has 1 rings (SSSR count). The Balaban J connectivity index is 3.20. The summed E-state index contributed by atoms with van der Waals surface area (Å²) in [6.45, 7) is 3.23. The van der Waals surface area contributed by atoms with Gasteiger partial charge < -0.3 is 48.1 Å². The molecule has 0 unspecified atom stereocenters. The number of aromatic hydroxyl groups is 1. The van der Waals surface area contributed by atoms with Crippen molar-refractivity contribution >= 4 is 53.2 Å². The summed E-state index contributed by atoms with van der Waals surface area (Å²) in [6, 6.07) is -1.13. The normalized spacial score (nSPS) is 14.3. The Bertz CT molecular complexity index is 1200. The molecule has 44 heavy (non-hydrogen) atoms. The van der Waals surface area contributed by atoms with E-state index in [9.17, 15) is 43.8 Å². The van der Waals surface area contributed by atoms with E-state index in [0.29, 0.717) is 11.3 Å². The Morgan fingerprint density at radius 3 is 1.84 bits per heavy atom. The number of thioether (sulfide) groups is 1. The van der Waals surface area contributed by atoms with E-state index >= 15 is 0 Å². The molecular formula is C27H40N6O10S. The molecular weight excluding hydrogens is 600 g/mol. The van der Waals surface area contributed by atoms with Gasteiger partial charge in [-0.1, -0.05) is 26.0 Å². The van der Waals surface area contributed by atoms with Crippen LogP contribution in [-0.2, 0) is 40.0 Å². The molecule has 0 fully saturated rings. The first-order chi connectivity index (χ1) is 20.5. The molecule has 244 valence electrons. The number of hydrogen-bond donors (Lipinski definition) is 9. The minimum atomic E-state index is -1.62. The molecule has 0 radical (unpaired) electrons. The minimum absolute atomic E-state index is 0.0387. The van der Waals surface area contributed by atoms with Crippen LogP contribution in [0.25, 0.3) is 0 Å². The summed E-state index contributed by atoms with van der Waals surface area (Å²) in [6.07, 6.45) is 0.365. The van der Waals surface area contributed by atoms with E-state index in [-0.39, 0.29) is 18.6 Å². The van der Waals surface area contributed by atoms with E-state index in [1.807, 2.05) is 0 Å². The van der Waals surface area contributed by atoms with Crippen LogP contribution in [0.15, 0.2) is 24.3 Å². The average Bonchev–Trinajstić information content (AvgIpc) is 2.92. The van der Waals surface area contributed by atoms with Crippen molar-refractivity contribution in [2.75, 3.05) is 12.0 Å². The number of carbonyl (C=O) groups excluding carboxylic acids is 5. The number of hydrogen-bond acceptors (Lipinski definition) is 10. The van der Waals surface area contributed by atoms with E-state index in [2.05, 4.69) is 21.3 Å². The van der Waals surface area contributed by atoms with Crippen molar-refractivity contribution in [3.63, 3.8) is 0 Å². The Labute approximate surface area is 258 Å². The van der Waals surface area contributed by atoms with Crippen molar-refractivity contribution in [1.82, 2.24) is 21.3 Å². The zero-order valence-corrected chi connectivity index (χ0v) is 25.4. The van der Waals surface area contributed by atoms with Gasteiger partial charge in [-0.3, -0.25) is 28.8 Å². The number of primary amides is 1. The van der Waals surface area contributed by atoms with Crippen molar-refractivity contribution in [1.29, 1.82) is 0 Å². The summed E-state index contributed by atoms with van der Waals surface area (Å²) in [5, 5.41) is 37.6. The Kier molecular flexibility index (Phi) is 15.7. The molecule has 0 bridgehead atoms. The number of carbonyl (C=O) groups is 7. The molecule has 16 nitrogen and oxygen atoms in total. The molecule has 5 amide bonds. The third-order valence-electron chi connectivity index (χ3n) is 6.25. The van der Waals surface area contributed by atoms with E-state index < -0.39 is 90.4 Å². The maximum absolute atomic E-state index is 13.4. The molecule has 5 atom stereocenters. The number of carboxylic acid groups (broad SMARTS) is 2.